The minimum Gasteiger partial charge on any atom is -0.497 e. The van der Waals surface area contributed by atoms with Gasteiger partial charge >= 0.3 is 0 Å². The molecule has 0 bridgehead atoms. The molecule has 0 spiro atoms. The lowest BCUT2D eigenvalue weighted by molar-refractivity contribution is -0.120. The molecule has 1 heterocycles. The Kier molecular flexibility index (Phi) is 9.68. The number of amides is 2. The van der Waals surface area contributed by atoms with Gasteiger partial charge in [0.25, 0.3) is 0 Å². The monoisotopic (exact) mass is 496 g/mol. The third-order valence-corrected chi connectivity index (χ3v) is 5.14. The van der Waals surface area contributed by atoms with Crippen LogP contribution in [0.25, 0.3) is 11.4 Å². The predicted molar refractivity (Wildman–Crippen MR) is 138 cm³/mol. The summed E-state index contributed by atoms with van der Waals surface area (Å²) in [6.07, 6.45) is 0.272. The molecule has 3 aromatic rings. The Morgan fingerprint density at radius 2 is 1.54 bits per heavy atom. The van der Waals surface area contributed by atoms with Crippen LogP contribution in [0.3, 0.4) is 0 Å². The van der Waals surface area contributed by atoms with Crippen molar-refractivity contribution in [2.24, 2.45) is 0 Å². The third kappa shape index (κ3) is 8.78. The number of carbonyl (C=O) groups is 2. The van der Waals surface area contributed by atoms with Gasteiger partial charge in [0.05, 0.1) is 13.5 Å². The summed E-state index contributed by atoms with van der Waals surface area (Å²) in [5, 5.41) is 12.7. The van der Waals surface area contributed by atoms with Gasteiger partial charge in [-0.3, -0.25) is 9.59 Å². The number of benzene rings is 2. The number of rotatable bonds is 12. The number of nitrogens with one attached hydrogen (secondary N) is 4. The summed E-state index contributed by atoms with van der Waals surface area (Å²) in [7, 11) is 1.60. The summed E-state index contributed by atoms with van der Waals surface area (Å²) in [4.78, 5) is 32.5. The van der Waals surface area contributed by atoms with Crippen molar-refractivity contribution in [2.75, 3.05) is 43.9 Å². The lowest BCUT2D eigenvalue weighted by Crippen LogP contribution is -2.30. The fourth-order valence-corrected chi connectivity index (χ4v) is 3.33. The van der Waals surface area contributed by atoms with E-state index in [-0.39, 0.29) is 18.2 Å². The van der Waals surface area contributed by atoms with Gasteiger partial charge in [-0.05, 0) is 42.0 Å². The number of methoxy groups -OCH3 is 1. The van der Waals surface area contributed by atoms with Gasteiger partial charge in [0.1, 0.15) is 17.4 Å². The highest BCUT2D eigenvalue weighted by Crippen LogP contribution is 2.22. The first-order valence-corrected chi connectivity index (χ1v) is 11.6. The Balaban J connectivity index is 1.58. The van der Waals surface area contributed by atoms with Crippen molar-refractivity contribution in [3.63, 3.8) is 0 Å². The fourth-order valence-electron chi connectivity index (χ4n) is 3.21. The summed E-state index contributed by atoms with van der Waals surface area (Å²) in [5.74, 6) is 2.29. The molecule has 0 unspecified atom stereocenters. The summed E-state index contributed by atoms with van der Waals surface area (Å²) in [6, 6.07) is 16.5. The number of halogens is 1. The Morgan fingerprint density at radius 3 is 2.17 bits per heavy atom. The Bertz CT molecular complexity index is 1140. The molecule has 0 fully saturated rings. The molecule has 2 amide bonds. The van der Waals surface area contributed by atoms with Gasteiger partial charge in [-0.2, -0.15) is 0 Å². The molecule has 184 valence electrons. The number of hydrogen-bond acceptors (Lipinski definition) is 7. The van der Waals surface area contributed by atoms with Crippen LogP contribution in [0.15, 0.2) is 54.6 Å². The van der Waals surface area contributed by atoms with Crippen LogP contribution in [0.2, 0.25) is 5.02 Å². The fraction of sp³-hybridized carbons (Fsp3) is 0.280. The molecule has 0 atom stereocenters. The molecule has 0 aliphatic carbocycles. The molecule has 0 aliphatic rings. The van der Waals surface area contributed by atoms with Gasteiger partial charge in [-0.1, -0.05) is 23.7 Å². The summed E-state index contributed by atoms with van der Waals surface area (Å²) >= 11 is 6.01. The van der Waals surface area contributed by atoms with Crippen LogP contribution >= 0.6 is 11.6 Å². The van der Waals surface area contributed by atoms with E-state index < -0.39 is 0 Å². The molecular formula is C25H29ClN6O3. The molecule has 1 aromatic heterocycles. The van der Waals surface area contributed by atoms with E-state index in [9.17, 15) is 9.59 Å². The first-order chi connectivity index (χ1) is 16.9. The van der Waals surface area contributed by atoms with Crippen molar-refractivity contribution < 1.29 is 14.3 Å². The van der Waals surface area contributed by atoms with E-state index in [1.54, 1.807) is 25.3 Å². The van der Waals surface area contributed by atoms with Crippen LogP contribution in [0.1, 0.15) is 12.5 Å². The lowest BCUT2D eigenvalue weighted by atomic mass is 10.1. The third-order valence-electron chi connectivity index (χ3n) is 4.89. The number of aromatic nitrogens is 2. The molecule has 10 heteroatoms. The quantitative estimate of drug-likeness (QED) is 0.284. The van der Waals surface area contributed by atoms with Crippen molar-refractivity contribution in [2.45, 2.75) is 13.3 Å². The van der Waals surface area contributed by atoms with Crippen molar-refractivity contribution >= 4 is 35.1 Å². The van der Waals surface area contributed by atoms with Crippen molar-refractivity contribution in [3.8, 4) is 17.1 Å². The molecular weight excluding hydrogens is 468 g/mol. The Hall–Kier alpha value is -3.85. The van der Waals surface area contributed by atoms with Crippen molar-refractivity contribution in [3.05, 3.63) is 65.2 Å². The van der Waals surface area contributed by atoms with Gasteiger partial charge in [0, 0.05) is 49.8 Å². The molecule has 35 heavy (non-hydrogen) atoms. The molecule has 0 saturated carbocycles. The van der Waals surface area contributed by atoms with Gasteiger partial charge in [-0.15, -0.1) is 0 Å². The zero-order chi connectivity index (χ0) is 25.0. The molecule has 4 N–H and O–H groups in total. The maximum atomic E-state index is 12.3. The number of nitrogens with zero attached hydrogens (tertiary/aromatic N) is 2. The predicted octanol–water partition coefficient (Wildman–Crippen LogP) is 3.12. The van der Waals surface area contributed by atoms with E-state index in [1.165, 1.54) is 6.92 Å². The van der Waals surface area contributed by atoms with E-state index in [1.807, 2.05) is 36.4 Å². The van der Waals surface area contributed by atoms with Crippen LogP contribution in [0, 0.1) is 0 Å². The van der Waals surface area contributed by atoms with Gasteiger partial charge in [-0.25, -0.2) is 9.97 Å². The topological polar surface area (TPSA) is 117 Å². The molecule has 0 aliphatic heterocycles. The zero-order valence-electron chi connectivity index (χ0n) is 19.7. The zero-order valence-corrected chi connectivity index (χ0v) is 20.5. The van der Waals surface area contributed by atoms with E-state index >= 15 is 0 Å². The second kappa shape index (κ2) is 13.1. The highest BCUT2D eigenvalue weighted by Gasteiger charge is 2.08. The minimum absolute atomic E-state index is 0.0788. The van der Waals surface area contributed by atoms with Crippen LogP contribution in [-0.2, 0) is 16.0 Å². The standard InChI is InChI=1S/C25H29ClN6O3/c1-17(33)27-10-11-28-22-16-23(32-25(31-22)19-6-8-20(26)9-7-19)29-12-13-30-24(34)15-18-4-3-5-21(14-18)35-2/h3-9,14,16H,10-13,15H2,1-2H3,(H,27,33)(H,30,34)(H2,28,29,31,32). The summed E-state index contributed by atoms with van der Waals surface area (Å²) in [6.45, 7) is 3.36. The van der Waals surface area contributed by atoms with E-state index in [2.05, 4.69) is 31.2 Å². The molecule has 0 radical (unpaired) electrons. The van der Waals surface area contributed by atoms with E-state index in [0.29, 0.717) is 48.7 Å². The molecule has 9 nitrogen and oxygen atoms in total. The maximum Gasteiger partial charge on any atom is 0.224 e. The van der Waals surface area contributed by atoms with Crippen LogP contribution in [0.4, 0.5) is 11.6 Å². The number of ether oxygens (including phenoxy) is 1. The van der Waals surface area contributed by atoms with Crippen LogP contribution < -0.4 is 26.0 Å². The first kappa shape index (κ1) is 25.8. The first-order valence-electron chi connectivity index (χ1n) is 11.2. The van der Waals surface area contributed by atoms with E-state index in [4.69, 9.17) is 16.3 Å². The SMILES string of the molecule is COc1cccc(CC(=O)NCCNc2cc(NCCNC(C)=O)nc(-c3ccc(Cl)cc3)n2)c1. The van der Waals surface area contributed by atoms with Crippen LogP contribution in [0.5, 0.6) is 5.75 Å². The maximum absolute atomic E-state index is 12.3. The second-order valence-electron chi connectivity index (χ2n) is 7.68. The highest BCUT2D eigenvalue weighted by molar-refractivity contribution is 6.30. The Labute approximate surface area is 209 Å². The average molecular weight is 497 g/mol. The molecule has 0 saturated heterocycles. The molecule has 3 rings (SSSR count). The minimum atomic E-state index is -0.0906. The summed E-state index contributed by atoms with van der Waals surface area (Å²) < 4.78 is 5.20. The molecule has 2 aromatic carbocycles. The van der Waals surface area contributed by atoms with E-state index in [0.717, 1.165) is 16.9 Å². The summed E-state index contributed by atoms with van der Waals surface area (Å²) in [5.41, 5.74) is 1.70. The second-order valence-corrected chi connectivity index (χ2v) is 8.12. The number of carbonyl (C=O) groups excluding carboxylic acids is 2. The number of hydrogen-bond donors (Lipinski definition) is 4. The number of anilines is 2. The smallest absolute Gasteiger partial charge is 0.224 e. The average Bonchev–Trinajstić information content (AvgIpc) is 2.85. The highest BCUT2D eigenvalue weighted by atomic mass is 35.5. The normalized spacial score (nSPS) is 10.4. The van der Waals surface area contributed by atoms with Gasteiger partial charge < -0.3 is 26.0 Å². The van der Waals surface area contributed by atoms with Crippen LogP contribution in [-0.4, -0.2) is 55.1 Å². The van der Waals surface area contributed by atoms with Gasteiger partial charge in [0.15, 0.2) is 5.82 Å². The van der Waals surface area contributed by atoms with Crippen molar-refractivity contribution in [1.82, 2.24) is 20.6 Å². The van der Waals surface area contributed by atoms with Crippen molar-refractivity contribution in [1.29, 1.82) is 0 Å². The lowest BCUT2D eigenvalue weighted by Gasteiger charge is -2.12. The van der Waals surface area contributed by atoms with Gasteiger partial charge in [0.2, 0.25) is 11.8 Å². The Morgan fingerprint density at radius 1 is 0.886 bits per heavy atom. The largest absolute Gasteiger partial charge is 0.497 e.